The first-order chi connectivity index (χ1) is 10.8. The van der Waals surface area contributed by atoms with E-state index in [-0.39, 0.29) is 17.1 Å². The fourth-order valence-corrected chi connectivity index (χ4v) is 3.09. The molecule has 0 aromatic heterocycles. The van der Waals surface area contributed by atoms with Crippen molar-refractivity contribution < 1.29 is 9.59 Å². The van der Waals surface area contributed by atoms with Crippen LogP contribution in [0.25, 0.3) is 0 Å². The summed E-state index contributed by atoms with van der Waals surface area (Å²) in [6, 6.07) is 9.59. The molecule has 1 aliphatic carbocycles. The molecule has 0 heterocycles. The van der Waals surface area contributed by atoms with Crippen LogP contribution in [0.3, 0.4) is 0 Å². The zero-order valence-corrected chi connectivity index (χ0v) is 14.8. The molecule has 0 unspecified atom stereocenters. The van der Waals surface area contributed by atoms with Crippen molar-refractivity contribution in [2.45, 2.75) is 53.4 Å². The lowest BCUT2D eigenvalue weighted by molar-refractivity contribution is -0.122. The summed E-state index contributed by atoms with van der Waals surface area (Å²) in [4.78, 5) is 24.4. The van der Waals surface area contributed by atoms with E-state index < -0.39 is 0 Å². The average molecular weight is 312 g/mol. The molecule has 124 valence electrons. The monoisotopic (exact) mass is 312 g/mol. The fourth-order valence-electron chi connectivity index (χ4n) is 3.09. The maximum Gasteiger partial charge on any atom is 0.166 e. The number of Topliss-reactive ketones (excluding diaryl/α,β-unsaturated/α-hetero) is 2. The van der Waals surface area contributed by atoms with Crippen molar-refractivity contribution in [2.75, 3.05) is 0 Å². The molecule has 2 heteroatoms. The molecule has 0 amide bonds. The third kappa shape index (κ3) is 4.89. The minimum Gasteiger partial charge on any atom is -0.294 e. The molecule has 1 aromatic carbocycles. The van der Waals surface area contributed by atoms with E-state index in [2.05, 4.69) is 6.08 Å². The van der Waals surface area contributed by atoms with Crippen molar-refractivity contribution in [3.63, 3.8) is 0 Å². The first kappa shape index (κ1) is 17.7. The second-order valence-electron chi connectivity index (χ2n) is 7.73. The van der Waals surface area contributed by atoms with Gasteiger partial charge in [0.1, 0.15) is 0 Å². The summed E-state index contributed by atoms with van der Waals surface area (Å²) in [5, 5.41) is 0. The normalized spacial score (nSPS) is 21.1. The third-order valence-electron chi connectivity index (χ3n) is 4.59. The van der Waals surface area contributed by atoms with Crippen LogP contribution < -0.4 is 0 Å². The van der Waals surface area contributed by atoms with Crippen molar-refractivity contribution in [3.8, 4) is 0 Å². The van der Waals surface area contributed by atoms with Crippen LogP contribution in [-0.4, -0.2) is 11.6 Å². The molecule has 2 rings (SSSR count). The van der Waals surface area contributed by atoms with Gasteiger partial charge in [-0.2, -0.15) is 0 Å². The van der Waals surface area contributed by atoms with Gasteiger partial charge in [-0.15, -0.1) is 0 Å². The molecule has 1 aliphatic rings. The first-order valence-corrected chi connectivity index (χ1v) is 8.61. The quantitative estimate of drug-likeness (QED) is 0.392. The Morgan fingerprint density at radius 3 is 2.43 bits per heavy atom. The summed E-state index contributed by atoms with van der Waals surface area (Å²) < 4.78 is 0. The Balaban J connectivity index is 1.73. The third-order valence-corrected chi connectivity index (χ3v) is 4.59. The summed E-state index contributed by atoms with van der Waals surface area (Å²) >= 11 is 0. The SMILES string of the molecule is C/C(=C\CCC[C@H]1C[C@@H]1C(=O)c1ccccc1)C(=O)C(C)(C)C. The number of ketones is 2. The molecule has 0 bridgehead atoms. The van der Waals surface area contributed by atoms with E-state index in [9.17, 15) is 9.59 Å². The highest BCUT2D eigenvalue weighted by Crippen LogP contribution is 2.44. The van der Waals surface area contributed by atoms with E-state index >= 15 is 0 Å². The second-order valence-corrected chi connectivity index (χ2v) is 7.73. The molecule has 23 heavy (non-hydrogen) atoms. The van der Waals surface area contributed by atoms with Gasteiger partial charge >= 0.3 is 0 Å². The number of unbranched alkanes of at least 4 members (excludes halogenated alkanes) is 1. The number of allylic oxidation sites excluding steroid dienone is 2. The number of rotatable bonds is 7. The minimum absolute atomic E-state index is 0.221. The van der Waals surface area contributed by atoms with Crippen LogP contribution in [0.15, 0.2) is 42.0 Å². The van der Waals surface area contributed by atoms with Crippen LogP contribution in [0.4, 0.5) is 0 Å². The van der Waals surface area contributed by atoms with Gasteiger partial charge in [-0.3, -0.25) is 9.59 Å². The van der Waals surface area contributed by atoms with E-state index in [4.69, 9.17) is 0 Å². The van der Waals surface area contributed by atoms with Crippen molar-refractivity contribution >= 4 is 11.6 Å². The standard InChI is InChI=1S/C21H28O2/c1-15(20(23)21(2,3)4)10-8-9-13-17-14-18(17)19(22)16-11-6-5-7-12-16/h5-7,10-12,17-18H,8-9,13-14H2,1-4H3/b15-10+/t17-,18-/m0/s1. The van der Waals surface area contributed by atoms with Gasteiger partial charge < -0.3 is 0 Å². The largest absolute Gasteiger partial charge is 0.294 e. The van der Waals surface area contributed by atoms with Crippen molar-refractivity contribution in [1.29, 1.82) is 0 Å². The Morgan fingerprint density at radius 1 is 1.17 bits per heavy atom. The van der Waals surface area contributed by atoms with Gasteiger partial charge in [0.05, 0.1) is 0 Å². The number of carbonyl (C=O) groups is 2. The lowest BCUT2D eigenvalue weighted by atomic mass is 9.86. The predicted molar refractivity (Wildman–Crippen MR) is 94.4 cm³/mol. The van der Waals surface area contributed by atoms with E-state index in [0.717, 1.165) is 36.8 Å². The van der Waals surface area contributed by atoms with Gasteiger partial charge in [0.25, 0.3) is 0 Å². The summed E-state index contributed by atoms with van der Waals surface area (Å²) in [6.45, 7) is 7.77. The zero-order chi connectivity index (χ0) is 17.0. The fraction of sp³-hybridized carbons (Fsp3) is 0.524. The van der Waals surface area contributed by atoms with Crippen LogP contribution in [0.2, 0.25) is 0 Å². The summed E-state index contributed by atoms with van der Waals surface area (Å²) in [7, 11) is 0. The van der Waals surface area contributed by atoms with Crippen LogP contribution in [-0.2, 0) is 4.79 Å². The lowest BCUT2D eigenvalue weighted by Crippen LogP contribution is -2.20. The highest BCUT2D eigenvalue weighted by atomic mass is 16.1. The van der Waals surface area contributed by atoms with Gasteiger partial charge in [0.2, 0.25) is 0 Å². The molecule has 0 radical (unpaired) electrons. The van der Waals surface area contributed by atoms with Crippen molar-refractivity contribution in [3.05, 3.63) is 47.5 Å². The maximum absolute atomic E-state index is 12.3. The maximum atomic E-state index is 12.3. The average Bonchev–Trinajstić information content (AvgIpc) is 3.29. The predicted octanol–water partition coefficient (Wildman–Crippen LogP) is 5.24. The van der Waals surface area contributed by atoms with Crippen LogP contribution in [0.1, 0.15) is 63.7 Å². The van der Waals surface area contributed by atoms with Gasteiger partial charge in [0, 0.05) is 16.9 Å². The Kier molecular flexibility index (Phi) is 5.56. The van der Waals surface area contributed by atoms with Crippen molar-refractivity contribution in [2.24, 2.45) is 17.3 Å². The molecule has 2 atom stereocenters. The van der Waals surface area contributed by atoms with E-state index in [1.807, 2.05) is 58.0 Å². The molecule has 0 saturated heterocycles. The number of benzene rings is 1. The number of hydrogen-bond acceptors (Lipinski definition) is 2. The Hall–Kier alpha value is -1.70. The van der Waals surface area contributed by atoms with Crippen molar-refractivity contribution in [1.82, 2.24) is 0 Å². The van der Waals surface area contributed by atoms with Crippen LogP contribution in [0, 0.1) is 17.3 Å². The second kappa shape index (κ2) is 7.25. The van der Waals surface area contributed by atoms with E-state index in [1.54, 1.807) is 0 Å². The highest BCUT2D eigenvalue weighted by Gasteiger charge is 2.42. The molecule has 1 aromatic rings. The molecular formula is C21H28O2. The van der Waals surface area contributed by atoms with Gasteiger partial charge in [-0.25, -0.2) is 0 Å². The summed E-state index contributed by atoms with van der Waals surface area (Å²) in [5.41, 5.74) is 1.40. The Bertz CT molecular complexity index is 590. The molecule has 0 spiro atoms. The summed E-state index contributed by atoms with van der Waals surface area (Å²) in [5.74, 6) is 1.28. The summed E-state index contributed by atoms with van der Waals surface area (Å²) in [6.07, 6.45) is 6.15. The smallest absolute Gasteiger partial charge is 0.166 e. The van der Waals surface area contributed by atoms with E-state index in [0.29, 0.717) is 11.7 Å². The Morgan fingerprint density at radius 2 is 1.83 bits per heavy atom. The molecule has 1 fully saturated rings. The zero-order valence-electron chi connectivity index (χ0n) is 14.8. The molecule has 2 nitrogen and oxygen atoms in total. The minimum atomic E-state index is -0.301. The lowest BCUT2D eigenvalue weighted by Gasteiger charge is -2.16. The highest BCUT2D eigenvalue weighted by molar-refractivity contribution is 5.99. The first-order valence-electron chi connectivity index (χ1n) is 8.61. The molecule has 1 saturated carbocycles. The molecule has 0 aliphatic heterocycles. The molecule has 0 N–H and O–H groups in total. The number of hydrogen-bond donors (Lipinski definition) is 0. The molecular weight excluding hydrogens is 284 g/mol. The van der Waals surface area contributed by atoms with Crippen LogP contribution in [0.5, 0.6) is 0 Å². The topological polar surface area (TPSA) is 34.1 Å². The van der Waals surface area contributed by atoms with Gasteiger partial charge in [0.15, 0.2) is 11.6 Å². The van der Waals surface area contributed by atoms with Gasteiger partial charge in [-0.1, -0.05) is 57.2 Å². The van der Waals surface area contributed by atoms with Gasteiger partial charge in [-0.05, 0) is 44.1 Å². The number of carbonyl (C=O) groups excluding carboxylic acids is 2. The van der Waals surface area contributed by atoms with E-state index in [1.165, 1.54) is 0 Å². The van der Waals surface area contributed by atoms with Crippen LogP contribution >= 0.6 is 0 Å². The Labute approximate surface area is 140 Å².